The molecule has 1 aromatic rings. The summed E-state index contributed by atoms with van der Waals surface area (Å²) >= 11 is 4.94. The molecule has 2 amide bonds. The topological polar surface area (TPSA) is 75.7 Å². The van der Waals surface area contributed by atoms with Gasteiger partial charge in [0.15, 0.2) is 0 Å². The molecule has 1 aromatic carbocycles. The lowest BCUT2D eigenvalue weighted by molar-refractivity contribution is -0.159. The highest BCUT2D eigenvalue weighted by Gasteiger charge is 2.54. The van der Waals surface area contributed by atoms with E-state index in [4.69, 9.17) is 4.74 Å². The van der Waals surface area contributed by atoms with Crippen LogP contribution < -0.4 is 5.32 Å². The second kappa shape index (κ2) is 8.29. The van der Waals surface area contributed by atoms with Gasteiger partial charge in [-0.15, -0.1) is 11.8 Å². The van der Waals surface area contributed by atoms with Crippen molar-refractivity contribution in [3.8, 4) is 0 Å². The summed E-state index contributed by atoms with van der Waals surface area (Å²) in [5.41, 5.74) is 1.35. The quantitative estimate of drug-likeness (QED) is 0.410. The number of hydrogen-bond donors (Lipinski definition) is 1. The first-order chi connectivity index (χ1) is 13.2. The van der Waals surface area contributed by atoms with Crippen molar-refractivity contribution in [2.75, 3.05) is 11.1 Å². The van der Waals surface area contributed by atoms with Crippen LogP contribution in [-0.4, -0.2) is 50.8 Å². The van der Waals surface area contributed by atoms with Crippen LogP contribution in [0, 0.1) is 0 Å². The van der Waals surface area contributed by atoms with Crippen molar-refractivity contribution in [3.63, 3.8) is 0 Å². The van der Waals surface area contributed by atoms with Crippen LogP contribution in [0.25, 0.3) is 0 Å². The molecule has 6 nitrogen and oxygen atoms in total. The minimum atomic E-state index is -0.654. The normalized spacial score (nSPS) is 21.7. The molecule has 1 N–H and O–H groups in total. The molecule has 3 rings (SSSR count). The molecule has 0 saturated carbocycles. The lowest BCUT2D eigenvalue weighted by Gasteiger charge is -2.50. The van der Waals surface area contributed by atoms with Gasteiger partial charge in [0.05, 0.1) is 6.42 Å². The zero-order chi connectivity index (χ0) is 20.5. The number of hydrogen-bond acceptors (Lipinski definition) is 5. The molecule has 0 radical (unpaired) electrons. The summed E-state index contributed by atoms with van der Waals surface area (Å²) in [7, 11) is 0. The van der Waals surface area contributed by atoms with E-state index in [9.17, 15) is 14.4 Å². The number of carbonyl (C=O) groups excluding carboxylic acids is 3. The number of nitrogens with zero attached hydrogens (tertiary/aromatic N) is 1. The SMILES string of the molecule is CC(C)(C)OC(=O)C1=C(CBr)CS[C@@H]2[C@H](NC(=O)Cc3ccccc3)C(=O)N12. The molecule has 2 atom stereocenters. The second-order valence-electron chi connectivity index (χ2n) is 7.71. The van der Waals surface area contributed by atoms with E-state index in [1.807, 2.05) is 30.3 Å². The molecular weight excluding hydrogens is 444 g/mol. The van der Waals surface area contributed by atoms with Gasteiger partial charge in [0.25, 0.3) is 5.91 Å². The van der Waals surface area contributed by atoms with Crippen LogP contribution in [0.1, 0.15) is 26.3 Å². The lowest BCUT2D eigenvalue weighted by atomic mass is 10.0. The summed E-state index contributed by atoms with van der Waals surface area (Å²) < 4.78 is 5.50. The number of thioether (sulfide) groups is 1. The summed E-state index contributed by atoms with van der Waals surface area (Å²) in [6, 6.07) is 8.74. The van der Waals surface area contributed by atoms with Crippen LogP contribution in [0.15, 0.2) is 41.6 Å². The highest BCUT2D eigenvalue weighted by Crippen LogP contribution is 2.41. The molecule has 0 spiro atoms. The lowest BCUT2D eigenvalue weighted by Crippen LogP contribution is -2.70. The summed E-state index contributed by atoms with van der Waals surface area (Å²) in [5, 5.41) is 3.01. The van der Waals surface area contributed by atoms with E-state index in [2.05, 4.69) is 21.2 Å². The number of fused-ring (bicyclic) bond motifs is 1. The van der Waals surface area contributed by atoms with Gasteiger partial charge in [-0.25, -0.2) is 4.79 Å². The van der Waals surface area contributed by atoms with Gasteiger partial charge in [0.1, 0.15) is 22.7 Å². The Bertz CT molecular complexity index is 819. The molecular formula is C20H23BrN2O4S. The van der Waals surface area contributed by atoms with Gasteiger partial charge in [0.2, 0.25) is 5.91 Å². The number of β-lactam (4-membered cyclic amide) rings is 1. The monoisotopic (exact) mass is 466 g/mol. The first-order valence-electron chi connectivity index (χ1n) is 9.00. The zero-order valence-electron chi connectivity index (χ0n) is 16.0. The molecule has 2 aliphatic rings. The second-order valence-corrected chi connectivity index (χ2v) is 9.37. The van der Waals surface area contributed by atoms with E-state index in [1.54, 1.807) is 20.8 Å². The maximum Gasteiger partial charge on any atom is 0.355 e. The smallest absolute Gasteiger partial charge is 0.355 e. The first kappa shape index (κ1) is 20.9. The van der Waals surface area contributed by atoms with Crippen LogP contribution in [-0.2, 0) is 25.5 Å². The minimum Gasteiger partial charge on any atom is -0.455 e. The van der Waals surface area contributed by atoms with Crippen molar-refractivity contribution in [2.24, 2.45) is 0 Å². The van der Waals surface area contributed by atoms with Crippen LogP contribution >= 0.6 is 27.7 Å². The Kier molecular flexibility index (Phi) is 6.19. The minimum absolute atomic E-state index is 0.209. The molecule has 8 heteroatoms. The van der Waals surface area contributed by atoms with Gasteiger partial charge >= 0.3 is 5.97 Å². The van der Waals surface area contributed by atoms with Gasteiger partial charge in [-0.1, -0.05) is 46.3 Å². The number of nitrogens with one attached hydrogen (secondary N) is 1. The maximum absolute atomic E-state index is 12.8. The van der Waals surface area contributed by atoms with Crippen molar-refractivity contribution in [3.05, 3.63) is 47.2 Å². The summed E-state index contributed by atoms with van der Waals surface area (Å²) in [4.78, 5) is 39.3. The fourth-order valence-corrected chi connectivity index (χ4v) is 5.18. The van der Waals surface area contributed by atoms with E-state index in [0.29, 0.717) is 16.8 Å². The van der Waals surface area contributed by atoms with Crippen LogP contribution in [0.5, 0.6) is 0 Å². The van der Waals surface area contributed by atoms with Crippen LogP contribution in [0.3, 0.4) is 0 Å². The summed E-state index contributed by atoms with van der Waals surface area (Å²) in [6.07, 6.45) is 0.212. The number of amides is 2. The Balaban J connectivity index is 1.71. The maximum atomic E-state index is 12.8. The molecule has 0 unspecified atom stereocenters. The molecule has 2 aliphatic heterocycles. The highest BCUT2D eigenvalue weighted by atomic mass is 79.9. The average molecular weight is 467 g/mol. The predicted molar refractivity (Wildman–Crippen MR) is 112 cm³/mol. The average Bonchev–Trinajstić information content (AvgIpc) is 2.64. The first-order valence-corrected chi connectivity index (χ1v) is 11.2. The number of rotatable bonds is 5. The zero-order valence-corrected chi connectivity index (χ0v) is 18.4. The standard InChI is InChI=1S/C20H23BrN2O4S/c1-20(2,3)27-19(26)16-13(10-21)11-28-18-15(17(25)23(16)18)22-14(24)9-12-7-5-4-6-8-12/h4-8,15,18H,9-11H2,1-3H3,(H,22,24)/t15-,18-/m1/s1. The number of carbonyl (C=O) groups is 3. The van der Waals surface area contributed by atoms with E-state index in [1.165, 1.54) is 16.7 Å². The Morgan fingerprint density at radius 3 is 2.57 bits per heavy atom. The molecule has 2 heterocycles. The summed E-state index contributed by atoms with van der Waals surface area (Å²) in [5.74, 6) is -0.397. The molecule has 150 valence electrons. The van der Waals surface area contributed by atoms with Gasteiger partial charge in [-0.2, -0.15) is 0 Å². The van der Waals surface area contributed by atoms with E-state index in [-0.39, 0.29) is 23.6 Å². The van der Waals surface area contributed by atoms with Crippen molar-refractivity contribution < 1.29 is 19.1 Å². The van der Waals surface area contributed by atoms with Crippen LogP contribution in [0.2, 0.25) is 0 Å². The Morgan fingerprint density at radius 1 is 1.29 bits per heavy atom. The number of ether oxygens (including phenoxy) is 1. The van der Waals surface area contributed by atoms with Gasteiger partial charge in [-0.3, -0.25) is 14.5 Å². The Labute approximate surface area is 177 Å². The molecule has 0 aliphatic carbocycles. The molecule has 0 aromatic heterocycles. The van der Waals surface area contributed by atoms with Gasteiger partial charge < -0.3 is 10.1 Å². The van der Waals surface area contributed by atoms with E-state index in [0.717, 1.165) is 11.1 Å². The number of alkyl halides is 1. The Morgan fingerprint density at radius 2 is 1.96 bits per heavy atom. The molecule has 1 fully saturated rings. The summed E-state index contributed by atoms with van der Waals surface area (Å²) in [6.45, 7) is 5.37. The van der Waals surface area contributed by atoms with Crippen LogP contribution in [0.4, 0.5) is 0 Å². The van der Waals surface area contributed by atoms with Crippen molar-refractivity contribution in [1.82, 2.24) is 10.2 Å². The molecule has 1 saturated heterocycles. The third kappa shape index (κ3) is 4.43. The number of halogens is 1. The largest absolute Gasteiger partial charge is 0.455 e. The number of benzene rings is 1. The highest BCUT2D eigenvalue weighted by molar-refractivity contribution is 9.09. The van der Waals surface area contributed by atoms with Crippen molar-refractivity contribution in [1.29, 1.82) is 0 Å². The van der Waals surface area contributed by atoms with Crippen molar-refractivity contribution >= 4 is 45.5 Å². The van der Waals surface area contributed by atoms with E-state index >= 15 is 0 Å². The molecule has 28 heavy (non-hydrogen) atoms. The van der Waals surface area contributed by atoms with Gasteiger partial charge in [-0.05, 0) is 31.9 Å². The molecule has 0 bridgehead atoms. The van der Waals surface area contributed by atoms with Gasteiger partial charge in [0, 0.05) is 11.1 Å². The fourth-order valence-electron chi connectivity index (χ4n) is 3.11. The van der Waals surface area contributed by atoms with E-state index < -0.39 is 17.6 Å². The van der Waals surface area contributed by atoms with Crippen molar-refractivity contribution in [2.45, 2.75) is 44.2 Å². The Hall–Kier alpha value is -1.80. The number of esters is 1. The third-order valence-electron chi connectivity index (χ3n) is 4.32. The predicted octanol–water partition coefficient (Wildman–Crippen LogP) is 2.62. The fraction of sp³-hybridized carbons (Fsp3) is 0.450. The third-order valence-corrected chi connectivity index (χ3v) is 6.34.